The van der Waals surface area contributed by atoms with E-state index < -0.39 is 26.1 Å². The summed E-state index contributed by atoms with van der Waals surface area (Å²) < 4.78 is 64.7. The van der Waals surface area contributed by atoms with Crippen molar-refractivity contribution in [1.29, 1.82) is 0 Å². The first-order valence-electron chi connectivity index (χ1n) is 9.00. The van der Waals surface area contributed by atoms with Crippen molar-refractivity contribution in [2.45, 2.75) is 22.8 Å². The van der Waals surface area contributed by atoms with E-state index in [4.69, 9.17) is 9.47 Å². The van der Waals surface area contributed by atoms with Gasteiger partial charge in [-0.05, 0) is 55.5 Å². The molecule has 29 heavy (non-hydrogen) atoms. The lowest BCUT2D eigenvalue weighted by Crippen LogP contribution is -2.55. The van der Waals surface area contributed by atoms with Gasteiger partial charge in [0.25, 0.3) is 0 Å². The highest BCUT2D eigenvalue weighted by Crippen LogP contribution is 2.26. The predicted octanol–water partition coefficient (Wildman–Crippen LogP) is 1.79. The second kappa shape index (κ2) is 8.31. The summed E-state index contributed by atoms with van der Waals surface area (Å²) >= 11 is 0. The van der Waals surface area contributed by atoms with Crippen LogP contribution in [0.1, 0.15) is 6.92 Å². The lowest BCUT2D eigenvalue weighted by atomic mass is 10.3. The molecular formula is C19H24N2O6S2. The van der Waals surface area contributed by atoms with Crippen molar-refractivity contribution in [1.82, 2.24) is 8.61 Å². The molecule has 1 fully saturated rings. The van der Waals surface area contributed by atoms with Crippen LogP contribution in [0.25, 0.3) is 0 Å². The van der Waals surface area contributed by atoms with Crippen molar-refractivity contribution in [2.24, 2.45) is 0 Å². The van der Waals surface area contributed by atoms with Gasteiger partial charge in [-0.25, -0.2) is 16.8 Å². The van der Waals surface area contributed by atoms with E-state index in [-0.39, 0.29) is 29.4 Å². The van der Waals surface area contributed by atoms with Crippen LogP contribution in [-0.2, 0) is 20.0 Å². The Labute approximate surface area is 171 Å². The Kier molecular flexibility index (Phi) is 6.18. The summed E-state index contributed by atoms with van der Waals surface area (Å²) in [5.74, 6) is 1.13. The standard InChI is InChI=1S/C19H24N2O6S2/c1-15-14-20(28(22,23)18-8-4-16(26-2)5-9-18)12-13-21(15)29(24,25)19-10-6-17(27-3)7-11-19/h4-11,15H,12-14H2,1-3H3/t15-/m0/s1. The fourth-order valence-electron chi connectivity index (χ4n) is 3.26. The van der Waals surface area contributed by atoms with Gasteiger partial charge >= 0.3 is 0 Å². The molecule has 0 N–H and O–H groups in total. The van der Waals surface area contributed by atoms with Gasteiger partial charge in [0.05, 0.1) is 24.0 Å². The second-order valence-electron chi connectivity index (χ2n) is 6.68. The van der Waals surface area contributed by atoms with Gasteiger partial charge in [0.15, 0.2) is 0 Å². The van der Waals surface area contributed by atoms with Crippen LogP contribution in [0.3, 0.4) is 0 Å². The lowest BCUT2D eigenvalue weighted by Gasteiger charge is -2.38. The third-order valence-electron chi connectivity index (χ3n) is 4.89. The maximum atomic E-state index is 13.0. The Morgan fingerprint density at radius 2 is 1.21 bits per heavy atom. The number of piperazine rings is 1. The van der Waals surface area contributed by atoms with Crippen molar-refractivity contribution in [3.63, 3.8) is 0 Å². The van der Waals surface area contributed by atoms with E-state index >= 15 is 0 Å². The molecule has 0 bridgehead atoms. The minimum atomic E-state index is -3.74. The largest absolute Gasteiger partial charge is 0.497 e. The van der Waals surface area contributed by atoms with E-state index in [9.17, 15) is 16.8 Å². The molecule has 0 aliphatic carbocycles. The Morgan fingerprint density at radius 3 is 1.62 bits per heavy atom. The van der Waals surface area contributed by atoms with Crippen LogP contribution in [0.2, 0.25) is 0 Å². The predicted molar refractivity (Wildman–Crippen MR) is 108 cm³/mol. The molecule has 1 heterocycles. The van der Waals surface area contributed by atoms with Gasteiger partial charge in [-0.2, -0.15) is 8.61 Å². The third-order valence-corrected chi connectivity index (χ3v) is 8.80. The molecule has 0 amide bonds. The number of hydrogen-bond acceptors (Lipinski definition) is 6. The molecule has 0 radical (unpaired) electrons. The molecule has 0 spiro atoms. The van der Waals surface area contributed by atoms with E-state index in [0.29, 0.717) is 11.5 Å². The van der Waals surface area contributed by atoms with Crippen LogP contribution >= 0.6 is 0 Å². The van der Waals surface area contributed by atoms with E-state index in [0.717, 1.165) is 0 Å². The topological polar surface area (TPSA) is 93.2 Å². The average molecular weight is 441 g/mol. The van der Waals surface area contributed by atoms with E-state index in [2.05, 4.69) is 0 Å². The zero-order chi connectivity index (χ0) is 21.2. The van der Waals surface area contributed by atoms with E-state index in [1.165, 1.54) is 47.1 Å². The van der Waals surface area contributed by atoms with E-state index in [1.807, 2.05) is 0 Å². The highest BCUT2D eigenvalue weighted by atomic mass is 32.2. The van der Waals surface area contributed by atoms with Crippen LogP contribution in [0.5, 0.6) is 11.5 Å². The number of nitrogens with zero attached hydrogens (tertiary/aromatic N) is 2. The van der Waals surface area contributed by atoms with Crippen LogP contribution in [0, 0.1) is 0 Å². The Balaban J connectivity index is 1.78. The summed E-state index contributed by atoms with van der Waals surface area (Å²) in [7, 11) is -4.45. The smallest absolute Gasteiger partial charge is 0.243 e. The summed E-state index contributed by atoms with van der Waals surface area (Å²) in [5.41, 5.74) is 0. The molecule has 1 saturated heterocycles. The van der Waals surface area contributed by atoms with Crippen LogP contribution in [0.15, 0.2) is 58.3 Å². The Bertz CT molecular complexity index is 1050. The minimum Gasteiger partial charge on any atom is -0.497 e. The number of methoxy groups -OCH3 is 2. The quantitative estimate of drug-likeness (QED) is 0.680. The van der Waals surface area contributed by atoms with Crippen LogP contribution in [-0.4, -0.2) is 65.3 Å². The van der Waals surface area contributed by atoms with E-state index in [1.54, 1.807) is 31.2 Å². The highest BCUT2D eigenvalue weighted by Gasteiger charge is 2.38. The van der Waals surface area contributed by atoms with Crippen LogP contribution in [0.4, 0.5) is 0 Å². The Hall–Kier alpha value is -2.14. The van der Waals surface area contributed by atoms with Gasteiger partial charge < -0.3 is 9.47 Å². The molecule has 158 valence electrons. The summed E-state index contributed by atoms with van der Waals surface area (Å²) in [6.45, 7) is 1.93. The maximum Gasteiger partial charge on any atom is 0.243 e. The number of ether oxygens (including phenoxy) is 2. The lowest BCUT2D eigenvalue weighted by molar-refractivity contribution is 0.212. The zero-order valence-corrected chi connectivity index (χ0v) is 18.1. The molecule has 2 aromatic rings. The normalized spacial score (nSPS) is 19.1. The first kappa shape index (κ1) is 21.6. The molecular weight excluding hydrogens is 416 g/mol. The number of rotatable bonds is 6. The van der Waals surface area contributed by atoms with Crippen LogP contribution < -0.4 is 9.47 Å². The SMILES string of the molecule is COc1ccc(S(=O)(=O)N2CCN(S(=O)(=O)c3ccc(OC)cc3)[C@@H](C)C2)cc1. The van der Waals surface area contributed by atoms with Crippen molar-refractivity contribution in [2.75, 3.05) is 33.9 Å². The summed E-state index contributed by atoms with van der Waals surface area (Å²) in [6, 6.07) is 11.8. The van der Waals surface area contributed by atoms with Crippen molar-refractivity contribution < 1.29 is 26.3 Å². The summed E-state index contributed by atoms with van der Waals surface area (Å²) in [6.07, 6.45) is 0. The van der Waals surface area contributed by atoms with Crippen molar-refractivity contribution >= 4 is 20.0 Å². The molecule has 0 unspecified atom stereocenters. The van der Waals surface area contributed by atoms with Crippen molar-refractivity contribution in [3.8, 4) is 11.5 Å². The molecule has 1 aliphatic rings. The fourth-order valence-corrected chi connectivity index (χ4v) is 6.39. The monoisotopic (exact) mass is 440 g/mol. The summed E-state index contributed by atoms with van der Waals surface area (Å²) in [4.78, 5) is 0.300. The van der Waals surface area contributed by atoms with Crippen molar-refractivity contribution in [3.05, 3.63) is 48.5 Å². The Morgan fingerprint density at radius 1 is 0.759 bits per heavy atom. The number of benzene rings is 2. The van der Waals surface area contributed by atoms with Gasteiger partial charge in [0, 0.05) is 25.7 Å². The van der Waals surface area contributed by atoms with Gasteiger partial charge in [0.2, 0.25) is 20.0 Å². The van der Waals surface area contributed by atoms with Gasteiger partial charge in [0.1, 0.15) is 11.5 Å². The first-order valence-corrected chi connectivity index (χ1v) is 11.9. The third kappa shape index (κ3) is 4.25. The maximum absolute atomic E-state index is 13.0. The molecule has 3 rings (SSSR count). The molecule has 8 nitrogen and oxygen atoms in total. The molecule has 2 aromatic carbocycles. The average Bonchev–Trinajstić information content (AvgIpc) is 2.73. The van der Waals surface area contributed by atoms with Gasteiger partial charge in [-0.3, -0.25) is 0 Å². The molecule has 0 saturated carbocycles. The summed E-state index contributed by atoms with van der Waals surface area (Å²) in [5, 5.41) is 0. The number of sulfonamides is 2. The first-order chi connectivity index (χ1) is 13.7. The second-order valence-corrected chi connectivity index (χ2v) is 10.5. The number of hydrogen-bond donors (Lipinski definition) is 0. The molecule has 0 aromatic heterocycles. The molecule has 10 heteroatoms. The van der Waals surface area contributed by atoms with Gasteiger partial charge in [-0.15, -0.1) is 0 Å². The molecule has 1 aliphatic heterocycles. The molecule has 1 atom stereocenters. The van der Waals surface area contributed by atoms with Gasteiger partial charge in [-0.1, -0.05) is 0 Å². The zero-order valence-electron chi connectivity index (χ0n) is 16.5. The fraction of sp³-hybridized carbons (Fsp3) is 0.368. The minimum absolute atomic E-state index is 0.0732. The highest BCUT2D eigenvalue weighted by molar-refractivity contribution is 7.89.